The summed E-state index contributed by atoms with van der Waals surface area (Å²) < 4.78 is 0. The molecule has 0 aromatic carbocycles. The molecule has 0 aliphatic carbocycles. The van der Waals surface area contributed by atoms with Gasteiger partial charge in [-0.15, -0.1) is 16.8 Å². The van der Waals surface area contributed by atoms with Gasteiger partial charge in [0.2, 0.25) is 0 Å². The lowest BCUT2D eigenvalue weighted by molar-refractivity contribution is -0.137. The number of aromatic nitrogens is 4. The van der Waals surface area contributed by atoms with Gasteiger partial charge in [0, 0.05) is 0 Å². The highest BCUT2D eigenvalue weighted by Crippen LogP contribution is 2.09. The SMILES string of the molecule is C=CC(C(=O)O)c1nn[nH]n1. The zero-order chi connectivity index (χ0) is 8.27. The highest BCUT2D eigenvalue weighted by atomic mass is 16.4. The quantitative estimate of drug-likeness (QED) is 0.575. The van der Waals surface area contributed by atoms with E-state index >= 15 is 0 Å². The average Bonchev–Trinajstić information content (AvgIpc) is 2.40. The van der Waals surface area contributed by atoms with E-state index in [9.17, 15) is 4.79 Å². The van der Waals surface area contributed by atoms with Crippen molar-refractivity contribution in [3.63, 3.8) is 0 Å². The Morgan fingerprint density at radius 1 is 1.82 bits per heavy atom. The van der Waals surface area contributed by atoms with Gasteiger partial charge in [-0.2, -0.15) is 5.21 Å². The number of carbonyl (C=O) groups is 1. The van der Waals surface area contributed by atoms with E-state index < -0.39 is 11.9 Å². The fourth-order valence-corrected chi connectivity index (χ4v) is 0.618. The van der Waals surface area contributed by atoms with E-state index in [-0.39, 0.29) is 5.82 Å². The second-order valence-corrected chi connectivity index (χ2v) is 1.82. The van der Waals surface area contributed by atoms with E-state index in [1.54, 1.807) is 0 Å². The van der Waals surface area contributed by atoms with Crippen LogP contribution in [0.1, 0.15) is 11.7 Å². The van der Waals surface area contributed by atoms with Gasteiger partial charge in [-0.3, -0.25) is 4.79 Å². The highest BCUT2D eigenvalue weighted by Gasteiger charge is 2.19. The molecule has 0 saturated carbocycles. The Labute approximate surface area is 61.9 Å². The normalized spacial score (nSPS) is 12.4. The third-order valence-electron chi connectivity index (χ3n) is 1.14. The van der Waals surface area contributed by atoms with Gasteiger partial charge in [-0.1, -0.05) is 11.3 Å². The van der Waals surface area contributed by atoms with E-state index in [2.05, 4.69) is 27.2 Å². The molecule has 1 unspecified atom stereocenters. The Balaban J connectivity index is 2.88. The van der Waals surface area contributed by atoms with Crippen molar-refractivity contribution < 1.29 is 9.90 Å². The number of rotatable bonds is 3. The maximum absolute atomic E-state index is 10.4. The minimum atomic E-state index is -1.04. The summed E-state index contributed by atoms with van der Waals surface area (Å²) in [5.41, 5.74) is 0. The lowest BCUT2D eigenvalue weighted by Gasteiger charge is -1.97. The van der Waals surface area contributed by atoms with Crippen LogP contribution in [0.3, 0.4) is 0 Å². The van der Waals surface area contributed by atoms with Gasteiger partial charge >= 0.3 is 5.97 Å². The second kappa shape index (κ2) is 2.91. The van der Waals surface area contributed by atoms with Gasteiger partial charge in [0.05, 0.1) is 0 Å². The molecular formula is C5H6N4O2. The smallest absolute Gasteiger partial charge is 0.318 e. The minimum Gasteiger partial charge on any atom is -0.480 e. The first kappa shape index (κ1) is 7.39. The molecular weight excluding hydrogens is 148 g/mol. The Bertz CT molecular complexity index is 255. The molecule has 1 rings (SSSR count). The van der Waals surface area contributed by atoms with E-state index in [0.717, 1.165) is 0 Å². The van der Waals surface area contributed by atoms with E-state index in [1.807, 2.05) is 0 Å². The monoisotopic (exact) mass is 154 g/mol. The van der Waals surface area contributed by atoms with Gasteiger partial charge in [-0.25, -0.2) is 0 Å². The topological polar surface area (TPSA) is 91.8 Å². The summed E-state index contributed by atoms with van der Waals surface area (Å²) in [4.78, 5) is 10.4. The summed E-state index contributed by atoms with van der Waals surface area (Å²) in [7, 11) is 0. The predicted molar refractivity (Wildman–Crippen MR) is 34.8 cm³/mol. The van der Waals surface area contributed by atoms with Crippen molar-refractivity contribution in [2.45, 2.75) is 5.92 Å². The van der Waals surface area contributed by atoms with Crippen molar-refractivity contribution in [2.75, 3.05) is 0 Å². The van der Waals surface area contributed by atoms with Gasteiger partial charge in [0.1, 0.15) is 5.92 Å². The van der Waals surface area contributed by atoms with Crippen LogP contribution >= 0.6 is 0 Å². The van der Waals surface area contributed by atoms with Crippen molar-refractivity contribution in [1.29, 1.82) is 0 Å². The zero-order valence-corrected chi connectivity index (χ0v) is 5.56. The maximum atomic E-state index is 10.4. The molecule has 1 aromatic heterocycles. The number of nitrogens with zero attached hydrogens (tertiary/aromatic N) is 3. The number of aliphatic carboxylic acids is 1. The molecule has 0 aliphatic rings. The molecule has 6 nitrogen and oxygen atoms in total. The summed E-state index contributed by atoms with van der Waals surface area (Å²) in [6, 6.07) is 0. The number of hydrogen-bond donors (Lipinski definition) is 2. The fraction of sp³-hybridized carbons (Fsp3) is 0.200. The fourth-order valence-electron chi connectivity index (χ4n) is 0.618. The standard InChI is InChI=1S/C5H6N4O2/c1-2-3(5(10)11)4-6-8-9-7-4/h2-3H,1H2,(H,10,11)(H,6,7,8,9). The first-order valence-corrected chi connectivity index (χ1v) is 2.84. The van der Waals surface area contributed by atoms with E-state index in [0.29, 0.717) is 0 Å². The number of aromatic amines is 1. The van der Waals surface area contributed by atoms with Crippen LogP contribution in [0.15, 0.2) is 12.7 Å². The number of carboxylic acid groups (broad SMARTS) is 1. The first-order chi connectivity index (χ1) is 5.25. The van der Waals surface area contributed by atoms with Crippen LogP contribution in [0.2, 0.25) is 0 Å². The molecule has 1 atom stereocenters. The third-order valence-corrected chi connectivity index (χ3v) is 1.14. The predicted octanol–water partition coefficient (Wildman–Crippen LogP) is -0.446. The Morgan fingerprint density at radius 2 is 2.55 bits per heavy atom. The third kappa shape index (κ3) is 1.40. The summed E-state index contributed by atoms with van der Waals surface area (Å²) >= 11 is 0. The number of H-pyrrole nitrogens is 1. The van der Waals surface area contributed by atoms with Crippen LogP contribution in [0.4, 0.5) is 0 Å². The van der Waals surface area contributed by atoms with Crippen molar-refractivity contribution in [3.8, 4) is 0 Å². The van der Waals surface area contributed by atoms with Crippen molar-refractivity contribution >= 4 is 5.97 Å². The Kier molecular flexibility index (Phi) is 1.95. The molecule has 0 bridgehead atoms. The van der Waals surface area contributed by atoms with Crippen LogP contribution in [-0.2, 0) is 4.79 Å². The van der Waals surface area contributed by atoms with Crippen molar-refractivity contribution in [1.82, 2.24) is 20.6 Å². The summed E-state index contributed by atoms with van der Waals surface area (Å²) in [6.45, 7) is 3.34. The van der Waals surface area contributed by atoms with E-state index in [4.69, 9.17) is 5.11 Å². The molecule has 0 fully saturated rings. The van der Waals surface area contributed by atoms with Gasteiger partial charge < -0.3 is 5.11 Å². The maximum Gasteiger partial charge on any atom is 0.318 e. The minimum absolute atomic E-state index is 0.118. The number of tetrazole rings is 1. The molecule has 11 heavy (non-hydrogen) atoms. The summed E-state index contributed by atoms with van der Waals surface area (Å²) in [5, 5.41) is 21.0. The molecule has 2 N–H and O–H groups in total. The molecule has 58 valence electrons. The van der Waals surface area contributed by atoms with Crippen LogP contribution < -0.4 is 0 Å². The molecule has 1 heterocycles. The Morgan fingerprint density at radius 3 is 2.91 bits per heavy atom. The van der Waals surface area contributed by atoms with Crippen LogP contribution in [0.25, 0.3) is 0 Å². The zero-order valence-electron chi connectivity index (χ0n) is 5.56. The largest absolute Gasteiger partial charge is 0.480 e. The van der Waals surface area contributed by atoms with Crippen molar-refractivity contribution in [2.24, 2.45) is 0 Å². The first-order valence-electron chi connectivity index (χ1n) is 2.84. The molecule has 0 spiro atoms. The number of hydrogen-bond acceptors (Lipinski definition) is 4. The lowest BCUT2D eigenvalue weighted by Crippen LogP contribution is -2.10. The van der Waals surface area contributed by atoms with E-state index in [1.165, 1.54) is 6.08 Å². The number of nitrogens with one attached hydrogen (secondary N) is 1. The van der Waals surface area contributed by atoms with Gasteiger partial charge in [0.15, 0.2) is 5.82 Å². The summed E-state index contributed by atoms with van der Waals surface area (Å²) in [5.74, 6) is -1.80. The molecule has 0 amide bonds. The molecule has 1 aromatic rings. The molecule has 0 aliphatic heterocycles. The van der Waals surface area contributed by atoms with Crippen molar-refractivity contribution in [3.05, 3.63) is 18.5 Å². The second-order valence-electron chi connectivity index (χ2n) is 1.82. The molecule has 0 radical (unpaired) electrons. The van der Waals surface area contributed by atoms with Gasteiger partial charge in [-0.05, 0) is 0 Å². The van der Waals surface area contributed by atoms with Gasteiger partial charge in [0.25, 0.3) is 0 Å². The van der Waals surface area contributed by atoms with Crippen LogP contribution in [0.5, 0.6) is 0 Å². The molecule has 0 saturated heterocycles. The van der Waals surface area contributed by atoms with Crippen LogP contribution in [-0.4, -0.2) is 31.7 Å². The average molecular weight is 154 g/mol. The molecule has 6 heteroatoms. The Hall–Kier alpha value is -1.72. The lowest BCUT2D eigenvalue weighted by atomic mass is 10.1. The van der Waals surface area contributed by atoms with Crippen LogP contribution in [0, 0.1) is 0 Å². The number of carboxylic acids is 1. The summed E-state index contributed by atoms with van der Waals surface area (Å²) in [6.07, 6.45) is 1.24. The highest BCUT2D eigenvalue weighted by molar-refractivity contribution is 5.76.